The molecule has 0 spiro atoms. The van der Waals surface area contributed by atoms with Crippen molar-refractivity contribution in [2.45, 2.75) is 22.7 Å². The molecule has 2 unspecified atom stereocenters. The number of likely N-dealkylation sites (tertiary alicyclic amines) is 1. The number of benzene rings is 2. The fourth-order valence-corrected chi connectivity index (χ4v) is 4.43. The van der Waals surface area contributed by atoms with Gasteiger partial charge in [0.05, 0.1) is 21.6 Å². The van der Waals surface area contributed by atoms with Crippen molar-refractivity contribution in [3.05, 3.63) is 54.3 Å². The van der Waals surface area contributed by atoms with Crippen molar-refractivity contribution in [3.63, 3.8) is 0 Å². The molecule has 1 saturated heterocycles. The molecule has 0 saturated carbocycles. The lowest BCUT2D eigenvalue weighted by Crippen LogP contribution is -2.45. The van der Waals surface area contributed by atoms with Gasteiger partial charge in [0.1, 0.15) is 5.82 Å². The maximum atomic E-state index is 14.2. The number of hydrogen-bond acceptors (Lipinski definition) is 4. The number of nitrogens with one attached hydrogen (secondary N) is 2. The summed E-state index contributed by atoms with van der Waals surface area (Å²) >= 11 is 6.37. The highest BCUT2D eigenvalue weighted by Crippen LogP contribution is 2.26. The molecule has 3 rings (SSSR count). The lowest BCUT2D eigenvalue weighted by Gasteiger charge is -2.34. The van der Waals surface area contributed by atoms with Crippen LogP contribution in [-0.4, -0.2) is 44.9 Å². The molecule has 2 aromatic rings. The van der Waals surface area contributed by atoms with Gasteiger partial charge in [0.2, 0.25) is 0 Å². The van der Waals surface area contributed by atoms with Crippen molar-refractivity contribution in [1.29, 1.82) is 0 Å². The Kier molecular flexibility index (Phi) is 5.70. The average Bonchev–Trinajstić information content (AvgIpc) is 2.61. The van der Waals surface area contributed by atoms with E-state index < -0.39 is 15.8 Å². The first-order valence-corrected chi connectivity index (χ1v) is 10.2. The van der Waals surface area contributed by atoms with Crippen LogP contribution in [0, 0.1) is 5.82 Å². The lowest BCUT2D eigenvalue weighted by molar-refractivity contribution is 0.267. The minimum Gasteiger partial charge on any atom is -0.378 e. The van der Waals surface area contributed by atoms with Crippen LogP contribution in [0.4, 0.5) is 15.8 Å². The van der Waals surface area contributed by atoms with E-state index in [2.05, 4.69) is 14.9 Å². The van der Waals surface area contributed by atoms with Gasteiger partial charge in [-0.05, 0) is 50.3 Å². The summed E-state index contributed by atoms with van der Waals surface area (Å²) in [5.41, 5.74) is 0.523. The van der Waals surface area contributed by atoms with Crippen LogP contribution in [0.3, 0.4) is 0 Å². The molecule has 1 aliphatic rings. The number of anilines is 2. The van der Waals surface area contributed by atoms with E-state index in [1.165, 1.54) is 30.3 Å². The van der Waals surface area contributed by atoms with Crippen LogP contribution in [0.15, 0.2) is 53.4 Å². The number of alkyl halides is 1. The predicted molar refractivity (Wildman–Crippen MR) is 103 cm³/mol. The largest absolute Gasteiger partial charge is 0.378 e. The summed E-state index contributed by atoms with van der Waals surface area (Å²) in [7, 11) is -1.74. The van der Waals surface area contributed by atoms with E-state index in [4.69, 9.17) is 11.6 Å². The summed E-state index contributed by atoms with van der Waals surface area (Å²) in [4.78, 5) is 2.27. The Bertz CT molecular complexity index is 864. The average molecular weight is 398 g/mol. The maximum Gasteiger partial charge on any atom is 0.261 e. The zero-order valence-corrected chi connectivity index (χ0v) is 15.9. The summed E-state index contributed by atoms with van der Waals surface area (Å²) in [6.45, 7) is 1.57. The van der Waals surface area contributed by atoms with Gasteiger partial charge in [0.15, 0.2) is 0 Å². The van der Waals surface area contributed by atoms with E-state index in [0.29, 0.717) is 6.54 Å². The van der Waals surface area contributed by atoms with Crippen LogP contribution in [0.25, 0.3) is 0 Å². The predicted octanol–water partition coefficient (Wildman–Crippen LogP) is 3.35. The summed E-state index contributed by atoms with van der Waals surface area (Å²) in [6.07, 6.45) is 0.782. The van der Waals surface area contributed by atoms with Crippen LogP contribution in [0.5, 0.6) is 0 Å². The molecule has 5 nitrogen and oxygen atoms in total. The SMILES string of the molecule is CN1CCC(Nc2cc(NS(=O)(=O)c3ccccc3)ccc2F)C(Cl)C1. The van der Waals surface area contributed by atoms with Crippen molar-refractivity contribution in [2.24, 2.45) is 0 Å². The van der Waals surface area contributed by atoms with Crippen LogP contribution in [-0.2, 0) is 10.0 Å². The minimum absolute atomic E-state index is 0.0802. The highest BCUT2D eigenvalue weighted by atomic mass is 35.5. The second kappa shape index (κ2) is 7.82. The van der Waals surface area contributed by atoms with Crippen LogP contribution in [0.2, 0.25) is 0 Å². The maximum absolute atomic E-state index is 14.2. The van der Waals surface area contributed by atoms with Gasteiger partial charge >= 0.3 is 0 Å². The quantitative estimate of drug-likeness (QED) is 0.759. The highest BCUT2D eigenvalue weighted by molar-refractivity contribution is 7.92. The fraction of sp³-hybridized carbons (Fsp3) is 0.333. The van der Waals surface area contributed by atoms with Crippen molar-refractivity contribution in [2.75, 3.05) is 30.2 Å². The Morgan fingerprint density at radius 2 is 1.92 bits per heavy atom. The van der Waals surface area contributed by atoms with E-state index in [9.17, 15) is 12.8 Å². The molecular weight excluding hydrogens is 377 g/mol. The third-order valence-electron chi connectivity index (χ3n) is 4.36. The molecule has 0 radical (unpaired) electrons. The second-order valence-corrected chi connectivity index (χ2v) is 8.67. The van der Waals surface area contributed by atoms with Crippen molar-refractivity contribution in [3.8, 4) is 0 Å². The zero-order chi connectivity index (χ0) is 18.7. The molecule has 2 aromatic carbocycles. The van der Waals surface area contributed by atoms with Gasteiger partial charge < -0.3 is 10.2 Å². The van der Waals surface area contributed by atoms with E-state index in [0.717, 1.165) is 13.0 Å². The van der Waals surface area contributed by atoms with Gasteiger partial charge in [-0.1, -0.05) is 18.2 Å². The summed E-state index contributed by atoms with van der Waals surface area (Å²) in [5, 5.41) is 2.96. The van der Waals surface area contributed by atoms with Crippen LogP contribution >= 0.6 is 11.6 Å². The third-order valence-corrected chi connectivity index (χ3v) is 6.20. The second-order valence-electron chi connectivity index (χ2n) is 6.43. The van der Waals surface area contributed by atoms with E-state index >= 15 is 0 Å². The van der Waals surface area contributed by atoms with Gasteiger partial charge in [-0.25, -0.2) is 12.8 Å². The normalized spacial score (nSPS) is 21.3. The smallest absolute Gasteiger partial charge is 0.261 e. The number of nitrogens with zero attached hydrogens (tertiary/aromatic N) is 1. The molecule has 0 aliphatic carbocycles. The minimum atomic E-state index is -3.73. The Morgan fingerprint density at radius 3 is 2.62 bits per heavy atom. The molecule has 1 aliphatic heterocycles. The number of hydrogen-bond donors (Lipinski definition) is 2. The van der Waals surface area contributed by atoms with E-state index in [1.54, 1.807) is 18.2 Å². The molecule has 1 fully saturated rings. The first-order valence-electron chi connectivity index (χ1n) is 8.32. The van der Waals surface area contributed by atoms with Gasteiger partial charge in [-0.2, -0.15) is 0 Å². The van der Waals surface area contributed by atoms with Gasteiger partial charge in [0, 0.05) is 12.6 Å². The van der Waals surface area contributed by atoms with E-state index in [1.807, 2.05) is 7.05 Å². The Hall–Kier alpha value is -1.83. The Balaban J connectivity index is 1.78. The molecule has 2 N–H and O–H groups in total. The van der Waals surface area contributed by atoms with Crippen LogP contribution < -0.4 is 10.0 Å². The standard InChI is InChI=1S/C18H21ClFN3O2S/c1-23-10-9-17(15(19)12-23)21-18-11-13(7-8-16(18)20)22-26(24,25)14-5-3-2-4-6-14/h2-8,11,15,17,21-22H,9-10,12H2,1H3. The molecule has 26 heavy (non-hydrogen) atoms. The van der Waals surface area contributed by atoms with Crippen molar-refractivity contribution in [1.82, 2.24) is 4.90 Å². The molecule has 1 heterocycles. The zero-order valence-electron chi connectivity index (χ0n) is 14.3. The van der Waals surface area contributed by atoms with E-state index in [-0.39, 0.29) is 27.7 Å². The Morgan fingerprint density at radius 1 is 1.19 bits per heavy atom. The van der Waals surface area contributed by atoms with Gasteiger partial charge in [-0.15, -0.1) is 11.6 Å². The highest BCUT2D eigenvalue weighted by Gasteiger charge is 2.26. The van der Waals surface area contributed by atoms with Crippen molar-refractivity contribution >= 4 is 33.0 Å². The topological polar surface area (TPSA) is 61.4 Å². The third kappa shape index (κ3) is 4.47. The van der Waals surface area contributed by atoms with Crippen molar-refractivity contribution < 1.29 is 12.8 Å². The van der Waals surface area contributed by atoms with Crippen LogP contribution in [0.1, 0.15) is 6.42 Å². The number of halogens is 2. The lowest BCUT2D eigenvalue weighted by atomic mass is 10.0. The summed E-state index contributed by atoms with van der Waals surface area (Å²) < 4.78 is 41.5. The summed E-state index contributed by atoms with van der Waals surface area (Å²) in [6, 6.07) is 12.0. The van der Waals surface area contributed by atoms with Gasteiger partial charge in [0.25, 0.3) is 10.0 Å². The number of sulfonamides is 1. The fourth-order valence-electron chi connectivity index (χ4n) is 2.93. The molecule has 0 bridgehead atoms. The number of piperidine rings is 1. The molecule has 0 aromatic heterocycles. The molecular formula is C18H21ClFN3O2S. The first-order chi connectivity index (χ1) is 12.3. The monoisotopic (exact) mass is 397 g/mol. The first kappa shape index (κ1) is 18.9. The Labute approximate surface area is 158 Å². The molecule has 140 valence electrons. The molecule has 2 atom stereocenters. The molecule has 8 heteroatoms. The van der Waals surface area contributed by atoms with Gasteiger partial charge in [-0.3, -0.25) is 4.72 Å². The number of rotatable bonds is 5. The molecule has 0 amide bonds. The summed E-state index contributed by atoms with van der Waals surface area (Å²) in [5.74, 6) is -0.449.